The first-order valence-electron chi connectivity index (χ1n) is 4.20. The van der Waals surface area contributed by atoms with E-state index < -0.39 is 12.1 Å². The van der Waals surface area contributed by atoms with Crippen LogP contribution in [0.4, 0.5) is 0 Å². The Kier molecular flexibility index (Phi) is 6.32. The van der Waals surface area contributed by atoms with Gasteiger partial charge in [-0.3, -0.25) is 0 Å². The monoisotopic (exact) mass is 298 g/mol. The van der Waals surface area contributed by atoms with Crippen LogP contribution in [-0.2, 0) is 9.53 Å². The first-order chi connectivity index (χ1) is 6.04. The molecule has 13 heavy (non-hydrogen) atoms. The molecule has 0 aromatic carbocycles. The van der Waals surface area contributed by atoms with Crippen molar-refractivity contribution in [3.05, 3.63) is 9.66 Å². The van der Waals surface area contributed by atoms with E-state index in [0.717, 1.165) is 0 Å². The van der Waals surface area contributed by atoms with E-state index >= 15 is 0 Å². The molecule has 3 nitrogen and oxygen atoms in total. The molecule has 0 aromatic heterocycles. The summed E-state index contributed by atoms with van der Waals surface area (Å²) < 4.78 is 6.36. The maximum atomic E-state index is 11.3. The molecule has 0 aromatic rings. The van der Waals surface area contributed by atoms with E-state index in [1.54, 1.807) is 11.0 Å². The number of aliphatic hydroxyl groups is 1. The van der Waals surface area contributed by atoms with Crippen LogP contribution in [0.15, 0.2) is 9.66 Å². The summed E-state index contributed by atoms with van der Waals surface area (Å²) in [4.78, 5) is 11.3. The first-order valence-corrected chi connectivity index (χ1v) is 5.44. The zero-order chi connectivity index (χ0) is 10.4. The lowest BCUT2D eigenvalue weighted by Gasteiger charge is -2.16. The maximum Gasteiger partial charge on any atom is 0.337 e. The van der Waals surface area contributed by atoms with Crippen LogP contribution in [0, 0.1) is 5.92 Å². The molecular formula is C9H15IO3. The molecule has 0 aliphatic rings. The van der Waals surface area contributed by atoms with Crippen LogP contribution in [0.2, 0.25) is 0 Å². The van der Waals surface area contributed by atoms with Crippen molar-refractivity contribution < 1.29 is 14.6 Å². The van der Waals surface area contributed by atoms with Gasteiger partial charge in [-0.2, -0.15) is 0 Å². The Labute approximate surface area is 92.3 Å². The van der Waals surface area contributed by atoms with Gasteiger partial charge in [0.05, 0.1) is 18.3 Å². The number of rotatable bonds is 4. The molecule has 0 aliphatic heterocycles. The maximum absolute atomic E-state index is 11.3. The number of hydrogen-bond acceptors (Lipinski definition) is 3. The van der Waals surface area contributed by atoms with Gasteiger partial charge in [0, 0.05) is 0 Å². The normalized spacial score (nSPS) is 14.5. The fraction of sp³-hybridized carbons (Fsp3) is 0.667. The minimum atomic E-state index is -0.740. The van der Waals surface area contributed by atoms with Crippen molar-refractivity contribution in [2.45, 2.75) is 26.9 Å². The van der Waals surface area contributed by atoms with E-state index in [-0.39, 0.29) is 5.92 Å². The molecule has 1 N–H and O–H groups in total. The number of aliphatic hydroxyl groups excluding tert-OH is 1. The molecule has 76 valence electrons. The number of halogens is 1. The van der Waals surface area contributed by atoms with Gasteiger partial charge in [0.25, 0.3) is 0 Å². The van der Waals surface area contributed by atoms with E-state index in [1.807, 2.05) is 36.4 Å². The Bertz CT molecular complexity index is 199. The van der Waals surface area contributed by atoms with Gasteiger partial charge in [0.2, 0.25) is 0 Å². The highest BCUT2D eigenvalue weighted by Crippen LogP contribution is 2.15. The molecule has 0 rings (SSSR count). The van der Waals surface area contributed by atoms with E-state index in [2.05, 4.69) is 0 Å². The minimum Gasteiger partial charge on any atom is -0.463 e. The van der Waals surface area contributed by atoms with E-state index in [0.29, 0.717) is 12.2 Å². The highest BCUT2D eigenvalue weighted by molar-refractivity contribution is 14.1. The lowest BCUT2D eigenvalue weighted by molar-refractivity contribution is -0.139. The minimum absolute atomic E-state index is 0.0189. The molecule has 0 spiro atoms. The summed E-state index contributed by atoms with van der Waals surface area (Å²) in [7, 11) is 0. The molecule has 0 bridgehead atoms. The van der Waals surface area contributed by atoms with Crippen molar-refractivity contribution in [2.24, 2.45) is 5.92 Å². The number of carbonyl (C=O) groups is 1. The van der Waals surface area contributed by atoms with Crippen molar-refractivity contribution in [1.29, 1.82) is 0 Å². The van der Waals surface area contributed by atoms with Crippen molar-refractivity contribution in [3.63, 3.8) is 0 Å². The highest BCUT2D eigenvalue weighted by atomic mass is 127. The predicted molar refractivity (Wildman–Crippen MR) is 59.6 cm³/mol. The molecule has 1 atom stereocenters. The second kappa shape index (κ2) is 6.37. The summed E-state index contributed by atoms with van der Waals surface area (Å²) in [6.45, 7) is 5.77. The largest absolute Gasteiger partial charge is 0.463 e. The van der Waals surface area contributed by atoms with Crippen LogP contribution in [0.3, 0.4) is 0 Å². The average molecular weight is 298 g/mol. The third kappa shape index (κ3) is 4.08. The molecular weight excluding hydrogens is 283 g/mol. The standard InChI is InChI=1S/C9H15IO3/c1-4-13-9(12)7(5-10)8(11)6(2)3/h5-6,8,11H,4H2,1-3H3. The molecule has 0 fully saturated rings. The molecule has 0 saturated heterocycles. The molecule has 0 radical (unpaired) electrons. The van der Waals surface area contributed by atoms with Crippen molar-refractivity contribution >= 4 is 28.6 Å². The van der Waals surface area contributed by atoms with Crippen molar-refractivity contribution in [3.8, 4) is 0 Å². The number of carbonyl (C=O) groups excluding carboxylic acids is 1. The third-order valence-electron chi connectivity index (χ3n) is 1.58. The van der Waals surface area contributed by atoms with Gasteiger partial charge in [-0.1, -0.05) is 36.4 Å². The van der Waals surface area contributed by atoms with Crippen molar-refractivity contribution in [2.75, 3.05) is 6.61 Å². The average Bonchev–Trinajstić information content (AvgIpc) is 2.05. The summed E-state index contributed by atoms with van der Waals surface area (Å²) in [6, 6.07) is 0. The third-order valence-corrected chi connectivity index (χ3v) is 2.25. The Morgan fingerprint density at radius 2 is 2.15 bits per heavy atom. The summed E-state index contributed by atoms with van der Waals surface area (Å²) in [6.07, 6.45) is -0.740. The second-order valence-electron chi connectivity index (χ2n) is 2.97. The fourth-order valence-electron chi connectivity index (χ4n) is 0.803. The van der Waals surface area contributed by atoms with Gasteiger partial charge in [0.1, 0.15) is 0 Å². The van der Waals surface area contributed by atoms with Gasteiger partial charge in [-0.05, 0) is 16.9 Å². The molecule has 1 unspecified atom stereocenters. The smallest absolute Gasteiger partial charge is 0.337 e. The Balaban J connectivity index is 4.44. The van der Waals surface area contributed by atoms with Crippen LogP contribution in [0.5, 0.6) is 0 Å². The number of esters is 1. The summed E-state index contributed by atoms with van der Waals surface area (Å²) >= 11 is 1.93. The molecule has 4 heteroatoms. The first kappa shape index (κ1) is 12.9. The van der Waals surface area contributed by atoms with Gasteiger partial charge in [0.15, 0.2) is 0 Å². The van der Waals surface area contributed by atoms with Gasteiger partial charge >= 0.3 is 5.97 Å². The quantitative estimate of drug-likeness (QED) is 0.490. The lowest BCUT2D eigenvalue weighted by atomic mass is 10.0. The summed E-state index contributed by atoms with van der Waals surface area (Å²) in [5, 5.41) is 9.61. The number of hydrogen-bond donors (Lipinski definition) is 1. The van der Waals surface area contributed by atoms with Crippen LogP contribution in [0.1, 0.15) is 20.8 Å². The summed E-state index contributed by atoms with van der Waals surface area (Å²) in [5.41, 5.74) is 0.331. The lowest BCUT2D eigenvalue weighted by Crippen LogP contribution is -2.24. The Morgan fingerprint density at radius 3 is 2.46 bits per heavy atom. The van der Waals surface area contributed by atoms with Gasteiger partial charge < -0.3 is 9.84 Å². The molecule has 0 aliphatic carbocycles. The number of ether oxygens (including phenoxy) is 1. The molecule has 0 amide bonds. The highest BCUT2D eigenvalue weighted by Gasteiger charge is 2.21. The molecule has 0 saturated carbocycles. The van der Waals surface area contributed by atoms with E-state index in [4.69, 9.17) is 4.74 Å². The SMILES string of the molecule is CCOC(=O)C(=CI)C(O)C(C)C. The van der Waals surface area contributed by atoms with Crippen molar-refractivity contribution in [1.82, 2.24) is 0 Å². The van der Waals surface area contributed by atoms with Crippen LogP contribution >= 0.6 is 22.6 Å². The Morgan fingerprint density at radius 1 is 1.62 bits per heavy atom. The topological polar surface area (TPSA) is 46.5 Å². The fourth-order valence-corrected chi connectivity index (χ4v) is 1.43. The Hall–Kier alpha value is -0.100. The van der Waals surface area contributed by atoms with Crippen LogP contribution in [-0.4, -0.2) is 23.8 Å². The predicted octanol–water partition coefficient (Wildman–Crippen LogP) is 1.89. The van der Waals surface area contributed by atoms with Crippen LogP contribution in [0.25, 0.3) is 0 Å². The van der Waals surface area contributed by atoms with Gasteiger partial charge in [-0.25, -0.2) is 4.79 Å². The summed E-state index contributed by atoms with van der Waals surface area (Å²) in [5.74, 6) is -0.413. The van der Waals surface area contributed by atoms with E-state index in [1.165, 1.54) is 0 Å². The van der Waals surface area contributed by atoms with Crippen LogP contribution < -0.4 is 0 Å². The van der Waals surface area contributed by atoms with E-state index in [9.17, 15) is 9.90 Å². The second-order valence-corrected chi connectivity index (χ2v) is 3.60. The molecule has 0 heterocycles. The van der Waals surface area contributed by atoms with Gasteiger partial charge in [-0.15, -0.1) is 0 Å². The zero-order valence-corrected chi connectivity index (χ0v) is 10.2. The zero-order valence-electron chi connectivity index (χ0n) is 8.08.